The van der Waals surface area contributed by atoms with Crippen LogP contribution in [0.1, 0.15) is 72.1 Å². The molecule has 0 aromatic heterocycles. The maximum atomic E-state index is 14.1. The standard InChI is InChI=1S/C32H41N3O4/c1-9-32(7,8)35(29(37)22(3)33-30(38)39-31(4,5)6)27(25-16-12-13-21(2)19-25)28(36)34-26-18-17-23-14-10-11-15-24(23)20-26/h10-20,22,27H,9H2,1-8H3,(H,33,38)(H,34,36). The summed E-state index contributed by atoms with van der Waals surface area (Å²) in [6.07, 6.45) is -0.103. The number of carbonyl (C=O) groups is 3. The molecule has 0 fully saturated rings. The van der Waals surface area contributed by atoms with Gasteiger partial charge in [-0.3, -0.25) is 9.59 Å². The van der Waals surface area contributed by atoms with Crippen molar-refractivity contribution in [1.82, 2.24) is 10.2 Å². The third-order valence-electron chi connectivity index (χ3n) is 6.74. The van der Waals surface area contributed by atoms with Gasteiger partial charge in [-0.25, -0.2) is 4.79 Å². The smallest absolute Gasteiger partial charge is 0.408 e. The topological polar surface area (TPSA) is 87.7 Å². The molecule has 7 heteroatoms. The van der Waals surface area contributed by atoms with Crippen LogP contribution in [-0.2, 0) is 14.3 Å². The molecule has 3 aromatic rings. The third-order valence-corrected chi connectivity index (χ3v) is 6.74. The Labute approximate surface area is 231 Å². The Hall–Kier alpha value is -3.87. The first-order valence-electron chi connectivity index (χ1n) is 13.4. The van der Waals surface area contributed by atoms with E-state index >= 15 is 0 Å². The lowest BCUT2D eigenvalue weighted by molar-refractivity contribution is -0.147. The zero-order valence-corrected chi connectivity index (χ0v) is 24.3. The van der Waals surface area contributed by atoms with Crippen LogP contribution in [0.3, 0.4) is 0 Å². The SMILES string of the molecule is CCC(C)(C)N(C(=O)C(C)NC(=O)OC(C)(C)C)C(C(=O)Nc1ccc2ccccc2c1)c1cccc(C)c1. The number of alkyl carbamates (subject to hydrolysis) is 1. The van der Waals surface area contributed by atoms with Gasteiger partial charge in [0.15, 0.2) is 0 Å². The minimum Gasteiger partial charge on any atom is -0.444 e. The summed E-state index contributed by atoms with van der Waals surface area (Å²) in [6, 6.07) is 19.4. The second-order valence-corrected chi connectivity index (χ2v) is 11.6. The number of hydrogen-bond acceptors (Lipinski definition) is 4. The molecular formula is C32H41N3O4. The molecule has 2 atom stereocenters. The molecule has 0 aliphatic heterocycles. The lowest BCUT2D eigenvalue weighted by Crippen LogP contribution is -2.58. The molecule has 39 heavy (non-hydrogen) atoms. The zero-order valence-electron chi connectivity index (χ0n) is 24.3. The summed E-state index contributed by atoms with van der Waals surface area (Å²) in [5, 5.41) is 7.77. The van der Waals surface area contributed by atoms with Crippen LogP contribution in [0.25, 0.3) is 10.8 Å². The molecule has 208 valence electrons. The van der Waals surface area contributed by atoms with E-state index in [1.807, 2.05) is 94.4 Å². The number of nitrogens with one attached hydrogen (secondary N) is 2. The largest absolute Gasteiger partial charge is 0.444 e. The Morgan fingerprint density at radius 3 is 2.18 bits per heavy atom. The maximum Gasteiger partial charge on any atom is 0.408 e. The molecule has 3 aromatic carbocycles. The first kappa shape index (κ1) is 29.7. The summed E-state index contributed by atoms with van der Waals surface area (Å²) >= 11 is 0. The van der Waals surface area contributed by atoms with E-state index in [2.05, 4.69) is 10.6 Å². The molecule has 2 N–H and O–H groups in total. The summed E-state index contributed by atoms with van der Waals surface area (Å²) in [6.45, 7) is 14.7. The lowest BCUT2D eigenvalue weighted by Gasteiger charge is -2.44. The fourth-order valence-electron chi connectivity index (χ4n) is 4.44. The number of amides is 3. The van der Waals surface area contributed by atoms with Crippen LogP contribution >= 0.6 is 0 Å². The first-order chi connectivity index (χ1) is 18.2. The van der Waals surface area contributed by atoms with Crippen LogP contribution in [0, 0.1) is 6.92 Å². The Kier molecular flexibility index (Phi) is 9.05. The van der Waals surface area contributed by atoms with Crippen LogP contribution in [0.4, 0.5) is 10.5 Å². The molecule has 2 unspecified atom stereocenters. The van der Waals surface area contributed by atoms with Gasteiger partial charge in [-0.2, -0.15) is 0 Å². The van der Waals surface area contributed by atoms with Gasteiger partial charge in [0.05, 0.1) is 0 Å². The van der Waals surface area contributed by atoms with Gasteiger partial charge in [0.1, 0.15) is 17.7 Å². The van der Waals surface area contributed by atoms with Crippen molar-refractivity contribution in [3.05, 3.63) is 77.9 Å². The number of hydrogen-bond donors (Lipinski definition) is 2. The maximum absolute atomic E-state index is 14.1. The second-order valence-electron chi connectivity index (χ2n) is 11.6. The van der Waals surface area contributed by atoms with Gasteiger partial charge < -0.3 is 20.3 Å². The van der Waals surface area contributed by atoms with E-state index in [0.29, 0.717) is 17.7 Å². The van der Waals surface area contributed by atoms with Gasteiger partial charge in [-0.05, 0) is 83.4 Å². The van der Waals surface area contributed by atoms with Crippen molar-refractivity contribution < 1.29 is 19.1 Å². The van der Waals surface area contributed by atoms with Crippen molar-refractivity contribution in [2.24, 2.45) is 0 Å². The molecule has 0 aliphatic rings. The van der Waals surface area contributed by atoms with Crippen molar-refractivity contribution in [3.8, 4) is 0 Å². The average molecular weight is 532 g/mol. The molecule has 0 saturated carbocycles. The van der Waals surface area contributed by atoms with Gasteiger partial charge in [-0.15, -0.1) is 0 Å². The highest BCUT2D eigenvalue weighted by molar-refractivity contribution is 6.00. The lowest BCUT2D eigenvalue weighted by atomic mass is 9.91. The Balaban J connectivity index is 2.03. The molecule has 7 nitrogen and oxygen atoms in total. The number of nitrogens with zero attached hydrogens (tertiary/aromatic N) is 1. The van der Waals surface area contributed by atoms with E-state index < -0.39 is 29.3 Å². The van der Waals surface area contributed by atoms with Crippen LogP contribution in [0.2, 0.25) is 0 Å². The van der Waals surface area contributed by atoms with Crippen LogP contribution in [-0.4, -0.2) is 40.0 Å². The number of ether oxygens (including phenoxy) is 1. The van der Waals surface area contributed by atoms with Crippen LogP contribution in [0.15, 0.2) is 66.7 Å². The molecule has 3 rings (SSSR count). The van der Waals surface area contributed by atoms with E-state index in [1.165, 1.54) is 0 Å². The number of rotatable bonds is 8. The monoisotopic (exact) mass is 531 g/mol. The zero-order chi connectivity index (χ0) is 29.0. The number of anilines is 1. The van der Waals surface area contributed by atoms with E-state index in [1.54, 1.807) is 32.6 Å². The average Bonchev–Trinajstić information content (AvgIpc) is 2.85. The minimum absolute atomic E-state index is 0.338. The number of carbonyl (C=O) groups excluding carboxylic acids is 3. The molecule has 0 saturated heterocycles. The predicted octanol–water partition coefficient (Wildman–Crippen LogP) is 6.76. The Morgan fingerprint density at radius 2 is 1.56 bits per heavy atom. The molecule has 0 aliphatic carbocycles. The number of benzene rings is 3. The van der Waals surface area contributed by atoms with Crippen molar-refractivity contribution in [1.29, 1.82) is 0 Å². The predicted molar refractivity (Wildman–Crippen MR) is 157 cm³/mol. The highest BCUT2D eigenvalue weighted by Crippen LogP contribution is 2.33. The minimum atomic E-state index is -0.943. The van der Waals surface area contributed by atoms with Gasteiger partial charge in [-0.1, -0.05) is 67.1 Å². The van der Waals surface area contributed by atoms with Crippen LogP contribution < -0.4 is 10.6 Å². The second kappa shape index (κ2) is 11.9. The summed E-state index contributed by atoms with van der Waals surface area (Å²) in [7, 11) is 0. The fraction of sp³-hybridized carbons (Fsp3) is 0.406. The first-order valence-corrected chi connectivity index (χ1v) is 13.4. The summed E-state index contributed by atoms with van der Waals surface area (Å²) in [4.78, 5) is 42.2. The number of aryl methyl sites for hydroxylation is 1. The normalized spacial score (nSPS) is 13.3. The molecule has 3 amide bonds. The van der Waals surface area contributed by atoms with Crippen LogP contribution in [0.5, 0.6) is 0 Å². The van der Waals surface area contributed by atoms with Crippen molar-refractivity contribution in [2.75, 3.05) is 5.32 Å². The van der Waals surface area contributed by atoms with Gasteiger partial charge in [0.25, 0.3) is 5.91 Å². The Bertz CT molecular complexity index is 1340. The van der Waals surface area contributed by atoms with Gasteiger partial charge >= 0.3 is 6.09 Å². The van der Waals surface area contributed by atoms with Gasteiger partial charge in [0.2, 0.25) is 5.91 Å². The molecular weight excluding hydrogens is 490 g/mol. The van der Waals surface area contributed by atoms with E-state index in [4.69, 9.17) is 4.74 Å². The fourth-order valence-corrected chi connectivity index (χ4v) is 4.44. The summed E-state index contributed by atoms with van der Waals surface area (Å²) in [5.74, 6) is -0.719. The Morgan fingerprint density at radius 1 is 0.897 bits per heavy atom. The highest BCUT2D eigenvalue weighted by Gasteiger charge is 2.42. The molecule has 0 heterocycles. The highest BCUT2D eigenvalue weighted by atomic mass is 16.6. The van der Waals surface area contributed by atoms with Crippen molar-refractivity contribution in [3.63, 3.8) is 0 Å². The quantitative estimate of drug-likeness (QED) is 0.336. The van der Waals surface area contributed by atoms with Crippen molar-refractivity contribution >= 4 is 34.4 Å². The van der Waals surface area contributed by atoms with E-state index in [9.17, 15) is 14.4 Å². The summed E-state index contributed by atoms with van der Waals surface area (Å²) in [5.41, 5.74) is 0.873. The summed E-state index contributed by atoms with van der Waals surface area (Å²) < 4.78 is 5.37. The molecule has 0 spiro atoms. The molecule has 0 bridgehead atoms. The van der Waals surface area contributed by atoms with E-state index in [-0.39, 0.29) is 11.8 Å². The molecule has 0 radical (unpaired) electrons. The van der Waals surface area contributed by atoms with E-state index in [0.717, 1.165) is 16.3 Å². The third kappa shape index (κ3) is 7.59. The van der Waals surface area contributed by atoms with Gasteiger partial charge in [0, 0.05) is 11.2 Å². The van der Waals surface area contributed by atoms with Crippen molar-refractivity contribution in [2.45, 2.75) is 85.0 Å². The number of fused-ring (bicyclic) bond motifs is 1.